The number of methoxy groups -OCH3 is 1. The molecule has 0 aromatic heterocycles. The summed E-state index contributed by atoms with van der Waals surface area (Å²) >= 11 is 0. The monoisotopic (exact) mass is 285 g/mol. The first-order valence-electron chi connectivity index (χ1n) is 6.24. The molecule has 6 nitrogen and oxygen atoms in total. The summed E-state index contributed by atoms with van der Waals surface area (Å²) in [5.41, 5.74) is 2.78. The molecule has 0 radical (unpaired) electrons. The molecule has 0 saturated heterocycles. The number of anilines is 2. The lowest BCUT2D eigenvalue weighted by atomic mass is 10.0. The van der Waals surface area contributed by atoms with E-state index in [2.05, 4.69) is 14.8 Å². The fourth-order valence-electron chi connectivity index (χ4n) is 1.99. The second kappa shape index (κ2) is 6.23. The van der Waals surface area contributed by atoms with E-state index < -0.39 is 10.2 Å². The van der Waals surface area contributed by atoms with Crippen molar-refractivity contribution in [3.63, 3.8) is 0 Å². The van der Waals surface area contributed by atoms with Crippen LogP contribution in [-0.2, 0) is 21.4 Å². The van der Waals surface area contributed by atoms with Crippen LogP contribution in [0.25, 0.3) is 0 Å². The van der Waals surface area contributed by atoms with Crippen LogP contribution in [0.5, 0.6) is 0 Å². The Morgan fingerprint density at radius 2 is 2.26 bits per heavy atom. The normalized spacial score (nSPS) is 14.6. The van der Waals surface area contributed by atoms with Gasteiger partial charge in [0.15, 0.2) is 0 Å². The largest absolute Gasteiger partial charge is 0.385 e. The summed E-state index contributed by atoms with van der Waals surface area (Å²) in [6.45, 7) is 1.51. The maximum Gasteiger partial charge on any atom is 0.299 e. The molecule has 0 saturated carbocycles. The highest BCUT2D eigenvalue weighted by atomic mass is 32.2. The van der Waals surface area contributed by atoms with Gasteiger partial charge in [-0.15, -0.1) is 0 Å². The van der Waals surface area contributed by atoms with Gasteiger partial charge in [0, 0.05) is 25.9 Å². The van der Waals surface area contributed by atoms with Crippen molar-refractivity contribution >= 4 is 21.6 Å². The number of rotatable bonds is 6. The number of benzene rings is 1. The van der Waals surface area contributed by atoms with Gasteiger partial charge in [0.2, 0.25) is 0 Å². The van der Waals surface area contributed by atoms with Crippen molar-refractivity contribution in [3.8, 4) is 0 Å². The maximum absolute atomic E-state index is 11.7. The zero-order valence-electron chi connectivity index (χ0n) is 10.9. The standard InChI is InChI=1S/C12H19N3O3S/c1-18-8-7-14-19(16,17)15-11-5-4-10-3-2-6-13-12(10)9-11/h4-5,9,13-15H,2-3,6-8H2,1H3. The second-order valence-corrected chi connectivity index (χ2v) is 5.89. The molecule has 1 heterocycles. The first-order chi connectivity index (χ1) is 9.11. The molecule has 7 heteroatoms. The van der Waals surface area contributed by atoms with Gasteiger partial charge in [0.05, 0.1) is 12.3 Å². The van der Waals surface area contributed by atoms with Crippen LogP contribution in [0.4, 0.5) is 11.4 Å². The van der Waals surface area contributed by atoms with Crippen LogP contribution in [0.2, 0.25) is 0 Å². The Morgan fingerprint density at radius 1 is 1.42 bits per heavy atom. The quantitative estimate of drug-likeness (QED) is 0.680. The SMILES string of the molecule is COCCNS(=O)(=O)Nc1ccc2c(c1)NCCC2. The molecule has 0 unspecified atom stereocenters. The Kier molecular flexibility index (Phi) is 4.62. The molecular formula is C12H19N3O3S. The van der Waals surface area contributed by atoms with Gasteiger partial charge in [-0.1, -0.05) is 6.07 Å². The molecule has 1 aliphatic rings. The van der Waals surface area contributed by atoms with Crippen LogP contribution in [-0.4, -0.2) is 35.2 Å². The Labute approximate surface area is 113 Å². The third-order valence-electron chi connectivity index (χ3n) is 2.90. The minimum Gasteiger partial charge on any atom is -0.385 e. The molecule has 0 bridgehead atoms. The molecule has 0 amide bonds. The number of hydrogen-bond acceptors (Lipinski definition) is 4. The van der Waals surface area contributed by atoms with E-state index in [0.717, 1.165) is 25.1 Å². The van der Waals surface area contributed by atoms with Crippen LogP contribution < -0.4 is 14.8 Å². The fourth-order valence-corrected chi connectivity index (χ4v) is 2.86. The van der Waals surface area contributed by atoms with Crippen molar-refractivity contribution in [2.45, 2.75) is 12.8 Å². The minimum absolute atomic E-state index is 0.245. The lowest BCUT2D eigenvalue weighted by molar-refractivity contribution is 0.204. The molecule has 0 spiro atoms. The summed E-state index contributed by atoms with van der Waals surface area (Å²) in [6.07, 6.45) is 2.14. The number of hydrogen-bond donors (Lipinski definition) is 3. The average Bonchev–Trinajstić information content (AvgIpc) is 2.38. The topological polar surface area (TPSA) is 79.5 Å². The van der Waals surface area contributed by atoms with E-state index in [-0.39, 0.29) is 6.54 Å². The number of nitrogens with one attached hydrogen (secondary N) is 3. The third kappa shape index (κ3) is 4.09. The molecular weight excluding hydrogens is 266 g/mol. The van der Waals surface area contributed by atoms with E-state index in [1.165, 1.54) is 12.7 Å². The zero-order valence-corrected chi connectivity index (χ0v) is 11.7. The van der Waals surface area contributed by atoms with E-state index >= 15 is 0 Å². The predicted octanol–water partition coefficient (Wildman–Crippen LogP) is 0.937. The highest BCUT2D eigenvalue weighted by Gasteiger charge is 2.12. The Morgan fingerprint density at radius 3 is 3.05 bits per heavy atom. The van der Waals surface area contributed by atoms with Gasteiger partial charge in [-0.2, -0.15) is 13.1 Å². The Hall–Kier alpha value is -1.31. The van der Waals surface area contributed by atoms with E-state index in [1.54, 1.807) is 6.07 Å². The molecule has 3 N–H and O–H groups in total. The number of ether oxygens (including phenoxy) is 1. The first-order valence-corrected chi connectivity index (χ1v) is 7.72. The summed E-state index contributed by atoms with van der Waals surface area (Å²) < 4.78 is 33.2. The minimum atomic E-state index is -3.54. The van der Waals surface area contributed by atoms with Crippen molar-refractivity contribution in [1.29, 1.82) is 0 Å². The van der Waals surface area contributed by atoms with Crippen LogP contribution in [0, 0.1) is 0 Å². The molecule has 1 aromatic carbocycles. The van der Waals surface area contributed by atoms with Crippen LogP contribution in [0.1, 0.15) is 12.0 Å². The highest BCUT2D eigenvalue weighted by Crippen LogP contribution is 2.25. The van der Waals surface area contributed by atoms with Crippen LogP contribution in [0.15, 0.2) is 18.2 Å². The first kappa shape index (κ1) is 14.1. The molecule has 19 heavy (non-hydrogen) atoms. The Bertz CT molecular complexity index is 531. The van der Waals surface area contributed by atoms with Crippen molar-refractivity contribution in [1.82, 2.24) is 4.72 Å². The second-order valence-electron chi connectivity index (χ2n) is 4.39. The summed E-state index contributed by atoms with van der Waals surface area (Å²) in [4.78, 5) is 0. The van der Waals surface area contributed by atoms with Gasteiger partial charge in [0.25, 0.3) is 10.2 Å². The summed E-state index contributed by atoms with van der Waals surface area (Å²) in [5.74, 6) is 0. The van der Waals surface area contributed by atoms with E-state index in [4.69, 9.17) is 4.74 Å². The van der Waals surface area contributed by atoms with Crippen LogP contribution >= 0.6 is 0 Å². The lowest BCUT2D eigenvalue weighted by Crippen LogP contribution is -2.32. The van der Waals surface area contributed by atoms with E-state index in [1.807, 2.05) is 12.1 Å². The summed E-state index contributed by atoms with van der Waals surface area (Å²) in [6, 6.07) is 5.56. The van der Waals surface area contributed by atoms with Gasteiger partial charge < -0.3 is 10.1 Å². The lowest BCUT2D eigenvalue weighted by Gasteiger charge is -2.19. The van der Waals surface area contributed by atoms with Gasteiger partial charge in [-0.05, 0) is 30.5 Å². The number of fused-ring (bicyclic) bond motifs is 1. The third-order valence-corrected chi connectivity index (χ3v) is 3.99. The smallest absolute Gasteiger partial charge is 0.299 e. The van der Waals surface area contributed by atoms with Crippen molar-refractivity contribution in [3.05, 3.63) is 23.8 Å². The molecule has 2 rings (SSSR count). The van der Waals surface area contributed by atoms with Crippen molar-refractivity contribution in [2.75, 3.05) is 36.8 Å². The average molecular weight is 285 g/mol. The molecule has 106 valence electrons. The predicted molar refractivity (Wildman–Crippen MR) is 75.7 cm³/mol. The molecule has 0 aliphatic carbocycles. The molecule has 1 aliphatic heterocycles. The Balaban J connectivity index is 2.02. The zero-order chi connectivity index (χ0) is 13.7. The summed E-state index contributed by atoms with van der Waals surface area (Å²) in [5, 5.41) is 3.27. The summed E-state index contributed by atoms with van der Waals surface area (Å²) in [7, 11) is -2.02. The van der Waals surface area contributed by atoms with Crippen LogP contribution in [0.3, 0.4) is 0 Å². The number of aryl methyl sites for hydroxylation is 1. The van der Waals surface area contributed by atoms with E-state index in [0.29, 0.717) is 12.3 Å². The maximum atomic E-state index is 11.7. The van der Waals surface area contributed by atoms with Gasteiger partial charge in [0.1, 0.15) is 0 Å². The van der Waals surface area contributed by atoms with Gasteiger partial charge in [-0.25, -0.2) is 0 Å². The fraction of sp³-hybridized carbons (Fsp3) is 0.500. The molecule has 1 aromatic rings. The highest BCUT2D eigenvalue weighted by molar-refractivity contribution is 7.90. The van der Waals surface area contributed by atoms with Crippen molar-refractivity contribution in [2.24, 2.45) is 0 Å². The molecule has 0 fully saturated rings. The van der Waals surface area contributed by atoms with E-state index in [9.17, 15) is 8.42 Å². The molecule has 0 atom stereocenters. The van der Waals surface area contributed by atoms with Gasteiger partial charge in [-0.3, -0.25) is 4.72 Å². The van der Waals surface area contributed by atoms with Gasteiger partial charge >= 0.3 is 0 Å². The van der Waals surface area contributed by atoms with Crippen molar-refractivity contribution < 1.29 is 13.2 Å².